The molecule has 0 radical (unpaired) electrons. The molecule has 4 rings (SSSR count). The van der Waals surface area contributed by atoms with Gasteiger partial charge in [0.05, 0.1) is 11.7 Å². The van der Waals surface area contributed by atoms with Gasteiger partial charge in [0, 0.05) is 0 Å². The number of hydrogen-bond donors (Lipinski definition) is 0. The minimum Gasteiger partial charge on any atom is -0.372 e. The molecule has 7 atom stereocenters. The lowest BCUT2D eigenvalue weighted by Crippen LogP contribution is -2.65. The Hall–Kier alpha value is -0.0400. The van der Waals surface area contributed by atoms with Crippen LogP contribution in [0.2, 0.25) is 0 Å². The summed E-state index contributed by atoms with van der Waals surface area (Å²) in [6.45, 7) is 17.3. The molecule has 0 heterocycles. The average molecular weight is 361 g/mol. The Morgan fingerprint density at radius 1 is 0.731 bits per heavy atom. The van der Waals surface area contributed by atoms with Crippen molar-refractivity contribution in [3.8, 4) is 0 Å². The van der Waals surface area contributed by atoms with E-state index in [9.17, 15) is 0 Å². The van der Waals surface area contributed by atoms with Crippen LogP contribution in [-0.4, -0.2) is 11.7 Å². The van der Waals surface area contributed by atoms with Gasteiger partial charge in [0.15, 0.2) is 0 Å². The van der Waals surface area contributed by atoms with Gasteiger partial charge in [-0.25, -0.2) is 0 Å². The van der Waals surface area contributed by atoms with Crippen molar-refractivity contribution in [1.82, 2.24) is 0 Å². The zero-order chi connectivity index (χ0) is 19.0. The molecule has 4 aliphatic carbocycles. The monoisotopic (exact) mass is 360 g/mol. The Morgan fingerprint density at radius 3 is 2.12 bits per heavy atom. The smallest absolute Gasteiger partial charge is 0.0669 e. The predicted molar refractivity (Wildman–Crippen MR) is 110 cm³/mol. The number of ether oxygens (including phenoxy) is 1. The molecule has 4 aliphatic rings. The molecule has 0 spiro atoms. The van der Waals surface area contributed by atoms with E-state index in [1.54, 1.807) is 0 Å². The van der Waals surface area contributed by atoms with Gasteiger partial charge >= 0.3 is 0 Å². The van der Waals surface area contributed by atoms with Crippen LogP contribution in [0.4, 0.5) is 0 Å². The zero-order valence-electron chi connectivity index (χ0n) is 18.7. The van der Waals surface area contributed by atoms with Crippen LogP contribution in [0.25, 0.3) is 0 Å². The fraction of sp³-hybridized carbons (Fsp3) is 1.00. The Labute approximate surface area is 163 Å². The largest absolute Gasteiger partial charge is 0.372 e. The summed E-state index contributed by atoms with van der Waals surface area (Å²) in [6, 6.07) is 0. The predicted octanol–water partition coefficient (Wildman–Crippen LogP) is 7.24. The summed E-state index contributed by atoms with van der Waals surface area (Å²) in [5.41, 5.74) is 1.39. The molecule has 26 heavy (non-hydrogen) atoms. The van der Waals surface area contributed by atoms with Crippen molar-refractivity contribution in [3.05, 3.63) is 0 Å². The molecule has 2 unspecified atom stereocenters. The summed E-state index contributed by atoms with van der Waals surface area (Å²) in [7, 11) is 0. The summed E-state index contributed by atoms with van der Waals surface area (Å²) in [6.07, 6.45) is 13.5. The van der Waals surface area contributed by atoms with Crippen molar-refractivity contribution in [3.63, 3.8) is 0 Å². The molecule has 0 aromatic rings. The Morgan fingerprint density at radius 2 is 1.42 bits per heavy atom. The maximum atomic E-state index is 6.96. The van der Waals surface area contributed by atoms with E-state index in [0.717, 1.165) is 23.7 Å². The molecule has 0 bridgehead atoms. The van der Waals surface area contributed by atoms with Crippen LogP contribution in [0.5, 0.6) is 0 Å². The van der Waals surface area contributed by atoms with Crippen molar-refractivity contribution < 1.29 is 4.74 Å². The van der Waals surface area contributed by atoms with Gasteiger partial charge in [-0.05, 0) is 99.2 Å². The van der Waals surface area contributed by atoms with Crippen LogP contribution in [0.3, 0.4) is 0 Å². The van der Waals surface area contributed by atoms with Gasteiger partial charge in [0.25, 0.3) is 0 Å². The molecule has 1 heteroatoms. The van der Waals surface area contributed by atoms with Crippen LogP contribution in [0.1, 0.15) is 106 Å². The highest BCUT2D eigenvalue weighted by molar-refractivity contribution is 5.14. The van der Waals surface area contributed by atoms with E-state index in [-0.39, 0.29) is 5.60 Å². The molecule has 0 aromatic carbocycles. The minimum atomic E-state index is -0.0409. The molecule has 4 saturated carbocycles. The average Bonchev–Trinajstić information content (AvgIpc) is 2.92. The van der Waals surface area contributed by atoms with Crippen LogP contribution < -0.4 is 0 Å². The third-order valence-corrected chi connectivity index (χ3v) is 9.66. The Balaban J connectivity index is 1.79. The Kier molecular flexibility index (Phi) is 4.43. The first kappa shape index (κ1) is 19.3. The lowest BCUT2D eigenvalue weighted by molar-refractivity contribution is -0.256. The normalized spacial score (nSPS) is 50.7. The second kappa shape index (κ2) is 5.98. The highest BCUT2D eigenvalue weighted by atomic mass is 16.5. The van der Waals surface area contributed by atoms with Gasteiger partial charge in [-0.3, -0.25) is 0 Å². The molecule has 150 valence electrons. The van der Waals surface area contributed by atoms with Crippen LogP contribution in [0.15, 0.2) is 0 Å². The zero-order valence-corrected chi connectivity index (χ0v) is 18.7. The summed E-state index contributed by atoms with van der Waals surface area (Å²) < 4.78 is 6.96. The van der Waals surface area contributed by atoms with Crippen molar-refractivity contribution in [2.24, 2.45) is 39.9 Å². The molecular weight excluding hydrogens is 316 g/mol. The summed E-state index contributed by atoms with van der Waals surface area (Å²) in [5.74, 6) is 3.48. The van der Waals surface area contributed by atoms with E-state index in [0.29, 0.717) is 22.3 Å². The van der Waals surface area contributed by atoms with Gasteiger partial charge in [0.1, 0.15) is 0 Å². The summed E-state index contributed by atoms with van der Waals surface area (Å²) >= 11 is 0. The first-order valence-corrected chi connectivity index (χ1v) is 11.7. The molecule has 0 N–H and O–H groups in total. The number of hydrogen-bond acceptors (Lipinski definition) is 1. The summed E-state index contributed by atoms with van der Waals surface area (Å²) in [5, 5.41) is 0. The van der Waals surface area contributed by atoms with Crippen LogP contribution >= 0.6 is 0 Å². The van der Waals surface area contributed by atoms with Crippen LogP contribution in [-0.2, 0) is 4.74 Å². The first-order chi connectivity index (χ1) is 12.0. The fourth-order valence-electron chi connectivity index (χ4n) is 8.57. The van der Waals surface area contributed by atoms with E-state index >= 15 is 0 Å². The SMILES string of the molecule is CC(C)(C)OC1C2CCCC[C@]2(C)[C@@H]2CC[C@]3(C)CCC[C@H]3[C@@H]2C1(C)C. The maximum absolute atomic E-state index is 6.96. The van der Waals surface area contributed by atoms with E-state index in [1.165, 1.54) is 57.8 Å². The molecular formula is C25H44O. The van der Waals surface area contributed by atoms with E-state index in [1.807, 2.05) is 0 Å². The van der Waals surface area contributed by atoms with Crippen molar-refractivity contribution in [2.45, 2.75) is 118 Å². The lowest BCUT2D eigenvalue weighted by atomic mass is 9.39. The molecule has 0 saturated heterocycles. The fourth-order valence-corrected chi connectivity index (χ4v) is 8.57. The quantitative estimate of drug-likeness (QED) is 0.479. The summed E-state index contributed by atoms with van der Waals surface area (Å²) in [4.78, 5) is 0. The molecule has 1 nitrogen and oxygen atoms in total. The molecule has 0 aliphatic heterocycles. The van der Waals surface area contributed by atoms with Gasteiger partial charge < -0.3 is 4.74 Å². The van der Waals surface area contributed by atoms with E-state index in [2.05, 4.69) is 48.5 Å². The van der Waals surface area contributed by atoms with Gasteiger partial charge in [-0.1, -0.05) is 47.0 Å². The lowest BCUT2D eigenvalue weighted by Gasteiger charge is -2.68. The van der Waals surface area contributed by atoms with Gasteiger partial charge in [0.2, 0.25) is 0 Å². The topological polar surface area (TPSA) is 9.23 Å². The minimum absolute atomic E-state index is 0.0409. The van der Waals surface area contributed by atoms with Crippen molar-refractivity contribution in [1.29, 1.82) is 0 Å². The van der Waals surface area contributed by atoms with Crippen molar-refractivity contribution in [2.75, 3.05) is 0 Å². The Bertz CT molecular complexity index is 543. The highest BCUT2D eigenvalue weighted by Gasteiger charge is 2.66. The van der Waals surface area contributed by atoms with Crippen molar-refractivity contribution >= 4 is 0 Å². The van der Waals surface area contributed by atoms with E-state index < -0.39 is 0 Å². The third-order valence-electron chi connectivity index (χ3n) is 9.66. The highest BCUT2D eigenvalue weighted by Crippen LogP contribution is 2.70. The second-order valence-corrected chi connectivity index (χ2v) is 12.7. The molecule has 0 aromatic heterocycles. The van der Waals surface area contributed by atoms with Crippen LogP contribution in [0, 0.1) is 39.9 Å². The second-order valence-electron chi connectivity index (χ2n) is 12.7. The third kappa shape index (κ3) is 2.73. The number of fused-ring (bicyclic) bond motifs is 5. The maximum Gasteiger partial charge on any atom is 0.0669 e. The van der Waals surface area contributed by atoms with E-state index in [4.69, 9.17) is 4.74 Å². The number of rotatable bonds is 1. The molecule has 4 fully saturated rings. The van der Waals surface area contributed by atoms with Gasteiger partial charge in [-0.2, -0.15) is 0 Å². The first-order valence-electron chi connectivity index (χ1n) is 11.7. The standard InChI is InChI=1S/C25H44O/c1-22(2,3)26-21-19-11-8-9-15-25(19,7)18-13-16-24(6)14-10-12-17(24)20(18)23(21,4)5/h17-21H,8-16H2,1-7H3/t17-,18+,19?,20-,21?,24-,25+/m0/s1. The molecule has 0 amide bonds. The van der Waals surface area contributed by atoms with Gasteiger partial charge in [-0.15, -0.1) is 0 Å².